The van der Waals surface area contributed by atoms with Crippen molar-refractivity contribution in [1.82, 2.24) is 0 Å². The molecule has 1 saturated carbocycles. The molecule has 0 bridgehead atoms. The summed E-state index contributed by atoms with van der Waals surface area (Å²) in [6, 6.07) is 7.65. The Labute approximate surface area is 103 Å². The Bertz CT molecular complexity index is 471. The van der Waals surface area contributed by atoms with Crippen LogP contribution in [0.1, 0.15) is 37.2 Å². The summed E-state index contributed by atoms with van der Waals surface area (Å²) in [5.41, 5.74) is 7.12. The number of sulfone groups is 1. The number of nitrogens with two attached hydrogens (primary N) is 1. The van der Waals surface area contributed by atoms with Crippen molar-refractivity contribution in [2.45, 2.75) is 42.5 Å². The lowest BCUT2D eigenvalue weighted by atomic mass is 9.82. The normalized spacial score (nSPS) is 25.8. The van der Waals surface area contributed by atoms with Gasteiger partial charge in [0.2, 0.25) is 0 Å². The highest BCUT2D eigenvalue weighted by molar-refractivity contribution is 7.90. The molecule has 0 atom stereocenters. The predicted molar refractivity (Wildman–Crippen MR) is 68.7 cm³/mol. The molecule has 0 unspecified atom stereocenters. The standard InChI is InChI=1S/C13H19NO2S/c1-17(15,16)13-8-4-11(5-9-13)10-2-6-12(14)7-3-10/h4-5,8-10,12H,2-3,6-7,14H2,1H3. The topological polar surface area (TPSA) is 60.2 Å². The van der Waals surface area contributed by atoms with Gasteiger partial charge in [0.05, 0.1) is 4.90 Å². The summed E-state index contributed by atoms with van der Waals surface area (Å²) >= 11 is 0. The highest BCUT2D eigenvalue weighted by Crippen LogP contribution is 2.32. The molecule has 0 aliphatic heterocycles. The Morgan fingerprint density at radius 2 is 1.59 bits per heavy atom. The Balaban J connectivity index is 2.13. The minimum atomic E-state index is -3.08. The van der Waals surface area contributed by atoms with Gasteiger partial charge < -0.3 is 5.73 Å². The van der Waals surface area contributed by atoms with Crippen LogP contribution in [0.15, 0.2) is 29.2 Å². The third kappa shape index (κ3) is 3.07. The van der Waals surface area contributed by atoms with Crippen molar-refractivity contribution in [3.05, 3.63) is 29.8 Å². The molecule has 1 aromatic carbocycles. The zero-order valence-electron chi connectivity index (χ0n) is 10.1. The van der Waals surface area contributed by atoms with E-state index in [0.717, 1.165) is 25.7 Å². The SMILES string of the molecule is CS(=O)(=O)c1ccc(C2CCC(N)CC2)cc1. The van der Waals surface area contributed by atoms with Crippen LogP contribution in [-0.2, 0) is 9.84 Å². The van der Waals surface area contributed by atoms with E-state index in [1.54, 1.807) is 12.1 Å². The van der Waals surface area contributed by atoms with Gasteiger partial charge in [-0.2, -0.15) is 0 Å². The van der Waals surface area contributed by atoms with Crippen LogP contribution in [0.25, 0.3) is 0 Å². The van der Waals surface area contributed by atoms with E-state index in [1.807, 2.05) is 12.1 Å². The lowest BCUT2D eigenvalue weighted by molar-refractivity contribution is 0.395. The number of hydrogen-bond donors (Lipinski definition) is 1. The first kappa shape index (κ1) is 12.6. The summed E-state index contributed by atoms with van der Waals surface area (Å²) < 4.78 is 22.7. The van der Waals surface area contributed by atoms with Gasteiger partial charge in [0.1, 0.15) is 0 Å². The number of benzene rings is 1. The quantitative estimate of drug-likeness (QED) is 0.877. The second-order valence-electron chi connectivity index (χ2n) is 4.95. The molecule has 1 fully saturated rings. The summed E-state index contributed by atoms with van der Waals surface area (Å²) in [6.45, 7) is 0. The van der Waals surface area contributed by atoms with Crippen LogP contribution in [0.3, 0.4) is 0 Å². The monoisotopic (exact) mass is 253 g/mol. The van der Waals surface area contributed by atoms with Crippen molar-refractivity contribution in [3.8, 4) is 0 Å². The second-order valence-corrected chi connectivity index (χ2v) is 6.97. The van der Waals surface area contributed by atoms with Crippen LogP contribution in [0.2, 0.25) is 0 Å². The Kier molecular flexibility index (Phi) is 3.54. The summed E-state index contributed by atoms with van der Waals surface area (Å²) in [6.07, 6.45) is 5.59. The van der Waals surface area contributed by atoms with Gasteiger partial charge in [0, 0.05) is 12.3 Å². The molecule has 0 aromatic heterocycles. The molecule has 0 saturated heterocycles. The van der Waals surface area contributed by atoms with Crippen LogP contribution in [0.5, 0.6) is 0 Å². The number of hydrogen-bond acceptors (Lipinski definition) is 3. The third-order valence-corrected chi connectivity index (χ3v) is 4.68. The first-order valence-electron chi connectivity index (χ1n) is 6.02. The molecule has 2 rings (SSSR count). The van der Waals surface area contributed by atoms with E-state index in [-0.39, 0.29) is 0 Å². The molecule has 0 radical (unpaired) electrons. The van der Waals surface area contributed by atoms with E-state index < -0.39 is 9.84 Å². The summed E-state index contributed by atoms with van der Waals surface area (Å²) in [5.74, 6) is 0.545. The van der Waals surface area contributed by atoms with Gasteiger partial charge >= 0.3 is 0 Å². The van der Waals surface area contributed by atoms with Gasteiger partial charge in [0.15, 0.2) is 9.84 Å². The van der Waals surface area contributed by atoms with Gasteiger partial charge in [-0.05, 0) is 49.3 Å². The lowest BCUT2D eigenvalue weighted by Gasteiger charge is -2.26. The van der Waals surface area contributed by atoms with E-state index in [9.17, 15) is 8.42 Å². The zero-order chi connectivity index (χ0) is 12.5. The molecule has 3 nitrogen and oxygen atoms in total. The molecule has 0 heterocycles. The molecular weight excluding hydrogens is 234 g/mol. The van der Waals surface area contributed by atoms with Gasteiger partial charge in [0.25, 0.3) is 0 Å². The van der Waals surface area contributed by atoms with Gasteiger partial charge in [-0.15, -0.1) is 0 Å². The van der Waals surface area contributed by atoms with Crippen molar-refractivity contribution in [3.63, 3.8) is 0 Å². The van der Waals surface area contributed by atoms with Crippen LogP contribution in [0, 0.1) is 0 Å². The fourth-order valence-electron chi connectivity index (χ4n) is 2.44. The number of rotatable bonds is 2. The van der Waals surface area contributed by atoms with Crippen LogP contribution >= 0.6 is 0 Å². The molecule has 1 aliphatic carbocycles. The summed E-state index contributed by atoms with van der Waals surface area (Å²) in [4.78, 5) is 0.397. The zero-order valence-corrected chi connectivity index (χ0v) is 10.9. The van der Waals surface area contributed by atoms with Gasteiger partial charge in [-0.3, -0.25) is 0 Å². The highest BCUT2D eigenvalue weighted by atomic mass is 32.2. The lowest BCUT2D eigenvalue weighted by Crippen LogP contribution is -2.25. The van der Waals surface area contributed by atoms with Crippen LogP contribution in [-0.4, -0.2) is 20.7 Å². The smallest absolute Gasteiger partial charge is 0.175 e. The van der Waals surface area contributed by atoms with Gasteiger partial charge in [-0.25, -0.2) is 8.42 Å². The summed E-state index contributed by atoms with van der Waals surface area (Å²) in [7, 11) is -3.08. The molecule has 1 aromatic rings. The molecule has 1 aliphatic rings. The largest absolute Gasteiger partial charge is 0.328 e. The highest BCUT2D eigenvalue weighted by Gasteiger charge is 2.20. The van der Waals surface area contributed by atoms with E-state index in [0.29, 0.717) is 16.9 Å². The van der Waals surface area contributed by atoms with E-state index >= 15 is 0 Å². The Hall–Kier alpha value is -0.870. The fourth-order valence-corrected chi connectivity index (χ4v) is 3.07. The minimum absolute atomic E-state index is 0.349. The van der Waals surface area contributed by atoms with Crippen molar-refractivity contribution in [1.29, 1.82) is 0 Å². The van der Waals surface area contributed by atoms with E-state index in [2.05, 4.69) is 0 Å². The third-order valence-electron chi connectivity index (χ3n) is 3.55. The van der Waals surface area contributed by atoms with Crippen molar-refractivity contribution >= 4 is 9.84 Å². The minimum Gasteiger partial charge on any atom is -0.328 e. The second kappa shape index (κ2) is 4.78. The van der Waals surface area contributed by atoms with Crippen molar-refractivity contribution < 1.29 is 8.42 Å². The average molecular weight is 253 g/mol. The molecule has 0 amide bonds. The average Bonchev–Trinajstić information content (AvgIpc) is 2.29. The summed E-state index contributed by atoms with van der Waals surface area (Å²) in [5, 5.41) is 0. The molecule has 4 heteroatoms. The van der Waals surface area contributed by atoms with Crippen LogP contribution in [0.4, 0.5) is 0 Å². The fraction of sp³-hybridized carbons (Fsp3) is 0.538. The maximum absolute atomic E-state index is 11.3. The molecule has 2 N–H and O–H groups in total. The van der Waals surface area contributed by atoms with Crippen molar-refractivity contribution in [2.24, 2.45) is 5.73 Å². The Morgan fingerprint density at radius 1 is 1.06 bits per heavy atom. The van der Waals surface area contributed by atoms with Gasteiger partial charge in [-0.1, -0.05) is 12.1 Å². The van der Waals surface area contributed by atoms with E-state index in [1.165, 1.54) is 11.8 Å². The molecule has 94 valence electrons. The van der Waals surface area contributed by atoms with Crippen LogP contribution < -0.4 is 5.73 Å². The first-order chi connectivity index (χ1) is 7.97. The maximum atomic E-state index is 11.3. The Morgan fingerprint density at radius 3 is 2.06 bits per heavy atom. The maximum Gasteiger partial charge on any atom is 0.175 e. The first-order valence-corrected chi connectivity index (χ1v) is 7.91. The predicted octanol–water partition coefficient (Wildman–Crippen LogP) is 2.08. The van der Waals surface area contributed by atoms with E-state index in [4.69, 9.17) is 5.73 Å². The molecule has 0 spiro atoms. The molecule has 17 heavy (non-hydrogen) atoms. The molecular formula is C13H19NO2S. The van der Waals surface area contributed by atoms with Crippen molar-refractivity contribution in [2.75, 3.05) is 6.26 Å².